The Morgan fingerprint density at radius 3 is 2.44 bits per heavy atom. The van der Waals surface area contributed by atoms with Crippen LogP contribution in [0.5, 0.6) is 5.75 Å². The summed E-state index contributed by atoms with van der Waals surface area (Å²) in [4.78, 5) is 11.5. The summed E-state index contributed by atoms with van der Waals surface area (Å²) in [6.07, 6.45) is 0. The monoisotopic (exact) mass is 255 g/mol. The van der Waals surface area contributed by atoms with Crippen molar-refractivity contribution in [3.8, 4) is 5.75 Å². The first-order valence-corrected chi connectivity index (χ1v) is 5.57. The van der Waals surface area contributed by atoms with Crippen LogP contribution in [-0.4, -0.2) is 18.2 Å². The normalized spacial score (nSPS) is 11.4. The molecule has 100 valence electrons. The number of methoxy groups -OCH3 is 1. The number of hydrogen-bond donors (Lipinski definition) is 2. The number of rotatable bonds is 2. The number of aromatic hydroxyl groups is 1. The molecule has 0 radical (unpaired) electrons. The molecule has 0 saturated carbocycles. The van der Waals surface area contributed by atoms with Crippen molar-refractivity contribution in [1.29, 1.82) is 0 Å². The number of ether oxygens (including phenoxy) is 1. The van der Waals surface area contributed by atoms with Crippen LogP contribution >= 0.6 is 0 Å². The zero-order chi connectivity index (χ0) is 14.1. The third kappa shape index (κ3) is 2.46. The van der Waals surface area contributed by atoms with Crippen molar-refractivity contribution in [3.63, 3.8) is 0 Å². The molecule has 0 aliphatic carbocycles. The molecule has 0 aliphatic heterocycles. The highest BCUT2D eigenvalue weighted by atomic mass is 19.1. The van der Waals surface area contributed by atoms with Crippen LogP contribution < -0.4 is 5.73 Å². The number of benzene rings is 1. The first kappa shape index (κ1) is 14.4. The highest BCUT2D eigenvalue weighted by Gasteiger charge is 2.28. The molecule has 1 rings (SSSR count). The Kier molecular flexibility index (Phi) is 3.96. The first-order chi connectivity index (χ1) is 8.23. The minimum atomic E-state index is -0.911. The Labute approximate surface area is 106 Å². The molecule has 0 fully saturated rings. The molecule has 0 aromatic heterocycles. The Hall–Kier alpha value is -1.62. The standard InChI is InChI=1S/C13H18FNO3/c1-13(2,3)8-5-7(6-15)11(16)9(10(8)14)12(17)18-4/h5,16H,6,15H2,1-4H3. The second-order valence-electron chi connectivity index (χ2n) is 5.07. The van der Waals surface area contributed by atoms with Crippen molar-refractivity contribution in [2.45, 2.75) is 32.7 Å². The largest absolute Gasteiger partial charge is 0.507 e. The van der Waals surface area contributed by atoms with Gasteiger partial charge in [-0.1, -0.05) is 20.8 Å². The molecule has 0 unspecified atom stereocenters. The Morgan fingerprint density at radius 2 is 2.06 bits per heavy atom. The molecule has 0 aliphatic rings. The SMILES string of the molecule is COC(=O)c1c(O)c(CN)cc(C(C)(C)C)c1F. The van der Waals surface area contributed by atoms with Gasteiger partial charge in [0.2, 0.25) is 0 Å². The molecule has 0 amide bonds. The van der Waals surface area contributed by atoms with E-state index < -0.39 is 28.5 Å². The van der Waals surface area contributed by atoms with Crippen LogP contribution in [0.25, 0.3) is 0 Å². The van der Waals surface area contributed by atoms with Gasteiger partial charge in [-0.25, -0.2) is 9.18 Å². The van der Waals surface area contributed by atoms with E-state index in [-0.39, 0.29) is 6.54 Å². The maximum atomic E-state index is 14.3. The number of nitrogens with two attached hydrogens (primary N) is 1. The van der Waals surface area contributed by atoms with E-state index in [1.165, 1.54) is 6.07 Å². The van der Waals surface area contributed by atoms with Crippen molar-refractivity contribution in [3.05, 3.63) is 28.6 Å². The summed E-state index contributed by atoms with van der Waals surface area (Å²) in [6.45, 7) is 5.44. The molecule has 0 heterocycles. The van der Waals surface area contributed by atoms with Gasteiger partial charge in [-0.15, -0.1) is 0 Å². The predicted octanol–water partition coefficient (Wildman–Crippen LogP) is 2.07. The third-order valence-electron chi connectivity index (χ3n) is 2.73. The second kappa shape index (κ2) is 4.94. The maximum Gasteiger partial charge on any atom is 0.344 e. The molecule has 3 N–H and O–H groups in total. The van der Waals surface area contributed by atoms with Gasteiger partial charge in [0.1, 0.15) is 17.1 Å². The molecule has 1 aromatic rings. The van der Waals surface area contributed by atoms with Crippen LogP contribution in [0.4, 0.5) is 4.39 Å². The van der Waals surface area contributed by atoms with E-state index in [0.29, 0.717) is 11.1 Å². The molecule has 0 saturated heterocycles. The van der Waals surface area contributed by atoms with Crippen molar-refractivity contribution in [1.82, 2.24) is 0 Å². The van der Waals surface area contributed by atoms with Gasteiger partial charge in [-0.2, -0.15) is 0 Å². The molecule has 5 heteroatoms. The van der Waals surface area contributed by atoms with E-state index in [2.05, 4.69) is 4.74 Å². The van der Waals surface area contributed by atoms with Crippen LogP contribution in [0.15, 0.2) is 6.07 Å². The van der Waals surface area contributed by atoms with Gasteiger partial charge in [0.15, 0.2) is 0 Å². The molecular weight excluding hydrogens is 237 g/mol. The van der Waals surface area contributed by atoms with Crippen LogP contribution in [0.2, 0.25) is 0 Å². The van der Waals surface area contributed by atoms with Crippen LogP contribution in [0, 0.1) is 5.82 Å². The van der Waals surface area contributed by atoms with Crippen LogP contribution in [-0.2, 0) is 16.7 Å². The summed E-state index contributed by atoms with van der Waals surface area (Å²) in [6, 6.07) is 1.48. The molecule has 1 aromatic carbocycles. The lowest BCUT2D eigenvalue weighted by Gasteiger charge is -2.22. The average molecular weight is 255 g/mol. The lowest BCUT2D eigenvalue weighted by atomic mass is 9.84. The number of phenolic OH excluding ortho intramolecular Hbond substituents is 1. The minimum absolute atomic E-state index is 0.0131. The van der Waals surface area contributed by atoms with Gasteiger partial charge >= 0.3 is 5.97 Å². The summed E-state index contributed by atoms with van der Waals surface area (Å²) in [5.41, 5.74) is 5.17. The smallest absolute Gasteiger partial charge is 0.344 e. The van der Waals surface area contributed by atoms with E-state index >= 15 is 0 Å². The fourth-order valence-corrected chi connectivity index (χ4v) is 1.69. The summed E-state index contributed by atoms with van der Waals surface area (Å²) in [5.74, 6) is -2.12. The van der Waals surface area contributed by atoms with Crippen molar-refractivity contribution < 1.29 is 19.0 Å². The molecule has 4 nitrogen and oxygen atoms in total. The number of phenols is 1. The number of halogens is 1. The zero-order valence-corrected chi connectivity index (χ0v) is 11.0. The van der Waals surface area contributed by atoms with Crippen LogP contribution in [0.3, 0.4) is 0 Å². The van der Waals surface area contributed by atoms with Crippen molar-refractivity contribution >= 4 is 5.97 Å². The second-order valence-corrected chi connectivity index (χ2v) is 5.07. The Bertz CT molecular complexity index is 478. The highest BCUT2D eigenvalue weighted by molar-refractivity contribution is 5.93. The fourth-order valence-electron chi connectivity index (χ4n) is 1.69. The third-order valence-corrected chi connectivity index (χ3v) is 2.73. The average Bonchev–Trinajstić information content (AvgIpc) is 2.27. The van der Waals surface area contributed by atoms with Gasteiger partial charge in [0, 0.05) is 12.1 Å². The van der Waals surface area contributed by atoms with Gasteiger partial charge in [-0.3, -0.25) is 0 Å². The molecule has 0 bridgehead atoms. The van der Waals surface area contributed by atoms with Gasteiger partial charge in [0.05, 0.1) is 7.11 Å². The minimum Gasteiger partial charge on any atom is -0.507 e. The predicted molar refractivity (Wildman–Crippen MR) is 66.0 cm³/mol. The quantitative estimate of drug-likeness (QED) is 0.793. The summed E-state index contributed by atoms with van der Waals surface area (Å²) in [5, 5.41) is 9.84. The zero-order valence-electron chi connectivity index (χ0n) is 11.0. The number of esters is 1. The van der Waals surface area contributed by atoms with E-state index in [1.54, 1.807) is 0 Å². The lowest BCUT2D eigenvalue weighted by molar-refractivity contribution is 0.0591. The molecule has 18 heavy (non-hydrogen) atoms. The maximum absolute atomic E-state index is 14.3. The lowest BCUT2D eigenvalue weighted by Crippen LogP contribution is -2.19. The van der Waals surface area contributed by atoms with E-state index in [0.717, 1.165) is 7.11 Å². The first-order valence-electron chi connectivity index (χ1n) is 5.57. The van der Waals surface area contributed by atoms with Gasteiger partial charge < -0.3 is 15.6 Å². The molecule has 0 atom stereocenters. The van der Waals surface area contributed by atoms with E-state index in [9.17, 15) is 14.3 Å². The van der Waals surface area contributed by atoms with Crippen LogP contribution in [0.1, 0.15) is 42.3 Å². The summed E-state index contributed by atoms with van der Waals surface area (Å²) < 4.78 is 18.8. The van der Waals surface area contributed by atoms with Gasteiger partial charge in [-0.05, 0) is 17.0 Å². The Morgan fingerprint density at radius 1 is 1.50 bits per heavy atom. The number of carbonyl (C=O) groups excluding carboxylic acids is 1. The van der Waals surface area contributed by atoms with Crippen molar-refractivity contribution in [2.75, 3.05) is 7.11 Å². The topological polar surface area (TPSA) is 72.5 Å². The van der Waals surface area contributed by atoms with Crippen molar-refractivity contribution in [2.24, 2.45) is 5.73 Å². The van der Waals surface area contributed by atoms with E-state index in [1.807, 2.05) is 20.8 Å². The molecule has 0 spiro atoms. The number of hydrogen-bond acceptors (Lipinski definition) is 4. The fraction of sp³-hybridized carbons (Fsp3) is 0.462. The highest BCUT2D eigenvalue weighted by Crippen LogP contribution is 2.34. The van der Waals surface area contributed by atoms with Gasteiger partial charge in [0.25, 0.3) is 0 Å². The molecular formula is C13H18FNO3. The summed E-state index contributed by atoms with van der Waals surface area (Å²) >= 11 is 0. The Balaban J connectivity index is 3.64. The number of carbonyl (C=O) groups is 1. The van der Waals surface area contributed by atoms with E-state index in [4.69, 9.17) is 5.73 Å². The summed E-state index contributed by atoms with van der Waals surface area (Å²) in [7, 11) is 1.13.